The summed E-state index contributed by atoms with van der Waals surface area (Å²) in [5.41, 5.74) is 0.466. The van der Waals surface area contributed by atoms with Gasteiger partial charge in [-0.15, -0.1) is 0 Å². The lowest BCUT2D eigenvalue weighted by Crippen LogP contribution is -2.28. The van der Waals surface area contributed by atoms with Crippen molar-refractivity contribution in [3.8, 4) is 0 Å². The van der Waals surface area contributed by atoms with E-state index in [2.05, 4.69) is 10.6 Å². The average Bonchev–Trinajstić information content (AvgIpc) is 2.48. The third kappa shape index (κ3) is 4.19. The standard InChI is InChI=1S/C14H11F2N3O2S/c15-10-3-1-9(2-4-10)8-17-14(22)18-12-6-5-11(16)7-13(12)19(20)21/h1-7H,8H2,(H2,17,18,22). The van der Waals surface area contributed by atoms with Crippen LogP contribution in [0.3, 0.4) is 0 Å². The Labute approximate surface area is 130 Å². The Morgan fingerprint density at radius 2 is 1.77 bits per heavy atom. The fourth-order valence-electron chi connectivity index (χ4n) is 1.71. The van der Waals surface area contributed by atoms with E-state index in [1.807, 2.05) is 0 Å². The van der Waals surface area contributed by atoms with Crippen molar-refractivity contribution in [1.82, 2.24) is 5.32 Å². The van der Waals surface area contributed by atoms with E-state index < -0.39 is 16.4 Å². The number of benzene rings is 2. The lowest BCUT2D eigenvalue weighted by molar-refractivity contribution is -0.384. The lowest BCUT2D eigenvalue weighted by Gasteiger charge is -2.11. The highest BCUT2D eigenvalue weighted by Crippen LogP contribution is 2.24. The second-order valence-electron chi connectivity index (χ2n) is 4.35. The van der Waals surface area contributed by atoms with Gasteiger partial charge in [0.25, 0.3) is 5.69 Å². The van der Waals surface area contributed by atoms with Crippen LogP contribution >= 0.6 is 12.2 Å². The third-order valence-corrected chi connectivity index (χ3v) is 3.02. The number of anilines is 1. The van der Waals surface area contributed by atoms with Crippen molar-refractivity contribution in [3.63, 3.8) is 0 Å². The van der Waals surface area contributed by atoms with Crippen LogP contribution in [0, 0.1) is 21.7 Å². The predicted molar refractivity (Wildman–Crippen MR) is 82.5 cm³/mol. The Morgan fingerprint density at radius 3 is 2.41 bits per heavy atom. The normalized spacial score (nSPS) is 10.1. The zero-order chi connectivity index (χ0) is 16.1. The molecule has 8 heteroatoms. The molecule has 2 rings (SSSR count). The van der Waals surface area contributed by atoms with E-state index in [4.69, 9.17) is 12.2 Å². The molecule has 22 heavy (non-hydrogen) atoms. The second-order valence-corrected chi connectivity index (χ2v) is 4.76. The van der Waals surface area contributed by atoms with Crippen molar-refractivity contribution in [2.45, 2.75) is 6.54 Å². The smallest absolute Gasteiger partial charge is 0.295 e. The van der Waals surface area contributed by atoms with Gasteiger partial charge in [0, 0.05) is 6.54 Å². The molecule has 0 aliphatic carbocycles. The summed E-state index contributed by atoms with van der Waals surface area (Å²) in [6.07, 6.45) is 0. The molecule has 0 atom stereocenters. The zero-order valence-corrected chi connectivity index (χ0v) is 12.0. The maximum Gasteiger partial charge on any atom is 0.295 e. The van der Waals surface area contributed by atoms with Crippen LogP contribution in [0.2, 0.25) is 0 Å². The predicted octanol–water partition coefficient (Wildman–Crippen LogP) is 3.36. The van der Waals surface area contributed by atoms with Gasteiger partial charge in [0.15, 0.2) is 5.11 Å². The molecule has 5 nitrogen and oxygen atoms in total. The van der Waals surface area contributed by atoms with Crippen molar-refractivity contribution in [1.29, 1.82) is 0 Å². The highest BCUT2D eigenvalue weighted by molar-refractivity contribution is 7.80. The first kappa shape index (κ1) is 15.8. The molecule has 0 amide bonds. The molecule has 0 aliphatic rings. The molecular formula is C14H11F2N3O2S. The van der Waals surface area contributed by atoms with Crippen LogP contribution < -0.4 is 10.6 Å². The lowest BCUT2D eigenvalue weighted by atomic mass is 10.2. The van der Waals surface area contributed by atoms with Crippen molar-refractivity contribution in [2.24, 2.45) is 0 Å². The molecule has 2 aromatic carbocycles. The second kappa shape index (κ2) is 6.90. The van der Waals surface area contributed by atoms with E-state index in [0.717, 1.165) is 17.7 Å². The molecule has 0 spiro atoms. The SMILES string of the molecule is O=[N+]([O-])c1cc(F)ccc1NC(=S)NCc1ccc(F)cc1. The van der Waals surface area contributed by atoms with Crippen LogP contribution in [0.4, 0.5) is 20.2 Å². The number of nitrogens with zero attached hydrogens (tertiary/aromatic N) is 1. The summed E-state index contributed by atoms with van der Waals surface area (Å²) >= 11 is 5.03. The van der Waals surface area contributed by atoms with Gasteiger partial charge in [0.05, 0.1) is 11.0 Å². The number of nitrogens with one attached hydrogen (secondary N) is 2. The number of hydrogen-bond acceptors (Lipinski definition) is 3. The topological polar surface area (TPSA) is 67.2 Å². The Kier molecular flexibility index (Phi) is 4.95. The summed E-state index contributed by atoms with van der Waals surface area (Å²) in [4.78, 5) is 10.2. The van der Waals surface area contributed by atoms with Crippen molar-refractivity contribution in [2.75, 3.05) is 5.32 Å². The molecule has 0 aliphatic heterocycles. The van der Waals surface area contributed by atoms with Crippen LogP contribution in [0.5, 0.6) is 0 Å². The summed E-state index contributed by atoms with van der Waals surface area (Å²) in [6.45, 7) is 0.321. The van der Waals surface area contributed by atoms with Gasteiger partial charge in [0.2, 0.25) is 0 Å². The number of nitro benzene ring substituents is 1. The fourth-order valence-corrected chi connectivity index (χ4v) is 1.89. The molecule has 0 bridgehead atoms. The molecule has 2 N–H and O–H groups in total. The van der Waals surface area contributed by atoms with Crippen LogP contribution in [-0.2, 0) is 6.54 Å². The maximum absolute atomic E-state index is 13.0. The van der Waals surface area contributed by atoms with E-state index in [1.165, 1.54) is 18.2 Å². The summed E-state index contributed by atoms with van der Waals surface area (Å²) in [7, 11) is 0. The molecule has 0 saturated heterocycles. The molecule has 0 heterocycles. The van der Waals surface area contributed by atoms with Crippen molar-refractivity contribution >= 4 is 28.7 Å². The largest absolute Gasteiger partial charge is 0.358 e. The van der Waals surface area contributed by atoms with E-state index in [0.29, 0.717) is 6.54 Å². The van der Waals surface area contributed by atoms with E-state index in [1.54, 1.807) is 12.1 Å². The van der Waals surface area contributed by atoms with Crippen molar-refractivity contribution < 1.29 is 13.7 Å². The molecule has 0 unspecified atom stereocenters. The summed E-state index contributed by atoms with van der Waals surface area (Å²) in [6, 6.07) is 8.95. The fraction of sp³-hybridized carbons (Fsp3) is 0.0714. The van der Waals surface area contributed by atoms with Crippen LogP contribution in [0.25, 0.3) is 0 Å². The van der Waals surface area contributed by atoms with Crippen LogP contribution in [-0.4, -0.2) is 10.0 Å². The summed E-state index contributed by atoms with van der Waals surface area (Å²) in [5, 5.41) is 16.5. The Hall–Kier alpha value is -2.61. The molecule has 0 saturated carbocycles. The van der Waals surface area contributed by atoms with E-state index in [9.17, 15) is 18.9 Å². The highest BCUT2D eigenvalue weighted by Gasteiger charge is 2.15. The zero-order valence-electron chi connectivity index (χ0n) is 11.2. The van der Waals surface area contributed by atoms with Gasteiger partial charge in [-0.05, 0) is 42.0 Å². The van der Waals surface area contributed by atoms with Gasteiger partial charge in [-0.25, -0.2) is 8.78 Å². The molecule has 0 radical (unpaired) electrons. The molecular weight excluding hydrogens is 312 g/mol. The van der Waals surface area contributed by atoms with Gasteiger partial charge in [-0.2, -0.15) is 0 Å². The van der Waals surface area contributed by atoms with Gasteiger partial charge in [0.1, 0.15) is 17.3 Å². The highest BCUT2D eigenvalue weighted by atomic mass is 32.1. The Morgan fingerprint density at radius 1 is 1.14 bits per heavy atom. The van der Waals surface area contributed by atoms with Gasteiger partial charge in [-0.3, -0.25) is 10.1 Å². The first-order valence-corrected chi connectivity index (χ1v) is 6.60. The number of hydrogen-bond donors (Lipinski definition) is 2. The van der Waals surface area contributed by atoms with Gasteiger partial charge >= 0.3 is 0 Å². The minimum absolute atomic E-state index is 0.0861. The van der Waals surface area contributed by atoms with Crippen LogP contribution in [0.15, 0.2) is 42.5 Å². The van der Waals surface area contributed by atoms with Crippen molar-refractivity contribution in [3.05, 3.63) is 69.8 Å². The molecule has 0 fully saturated rings. The Balaban J connectivity index is 2.00. The first-order valence-electron chi connectivity index (χ1n) is 6.19. The number of thiocarbonyl (C=S) groups is 1. The number of nitro groups is 1. The summed E-state index contributed by atoms with van der Waals surface area (Å²) < 4.78 is 25.8. The minimum atomic E-state index is -0.706. The molecule has 2 aromatic rings. The van der Waals surface area contributed by atoms with E-state index in [-0.39, 0.29) is 16.6 Å². The third-order valence-electron chi connectivity index (χ3n) is 2.77. The maximum atomic E-state index is 13.0. The van der Waals surface area contributed by atoms with E-state index >= 15 is 0 Å². The Bertz CT molecular complexity index is 708. The van der Waals surface area contributed by atoms with Gasteiger partial charge < -0.3 is 10.6 Å². The monoisotopic (exact) mass is 323 g/mol. The van der Waals surface area contributed by atoms with Gasteiger partial charge in [-0.1, -0.05) is 12.1 Å². The summed E-state index contributed by atoms with van der Waals surface area (Å²) in [5.74, 6) is -1.05. The first-order chi connectivity index (χ1) is 10.5. The molecule has 0 aromatic heterocycles. The number of rotatable bonds is 4. The number of halogens is 2. The van der Waals surface area contributed by atoms with Crippen LogP contribution in [0.1, 0.15) is 5.56 Å². The minimum Gasteiger partial charge on any atom is -0.358 e. The average molecular weight is 323 g/mol. The quantitative estimate of drug-likeness (QED) is 0.513. The molecule has 114 valence electrons.